The van der Waals surface area contributed by atoms with Crippen LogP contribution in [-0.4, -0.2) is 23.3 Å². The lowest BCUT2D eigenvalue weighted by Gasteiger charge is -2.09. The van der Waals surface area contributed by atoms with Gasteiger partial charge in [0.1, 0.15) is 5.56 Å². The molecule has 1 rings (SSSR count). The number of alkyl halides is 1. The summed E-state index contributed by atoms with van der Waals surface area (Å²) in [4.78, 5) is 22.0. The van der Waals surface area contributed by atoms with E-state index in [9.17, 15) is 14.9 Å². The fraction of sp³-hybridized carbons (Fsp3) is 0.364. The van der Waals surface area contributed by atoms with Crippen molar-refractivity contribution in [1.82, 2.24) is 5.32 Å². The minimum absolute atomic E-state index is 0.0470. The third kappa shape index (κ3) is 3.85. The first-order chi connectivity index (χ1) is 8.45. The zero-order chi connectivity index (χ0) is 13.7. The van der Waals surface area contributed by atoms with Crippen molar-refractivity contribution in [2.45, 2.75) is 6.92 Å². The average molecular weight is 291 g/mol. The lowest BCUT2D eigenvalue weighted by Crippen LogP contribution is -2.29. The monoisotopic (exact) mass is 290 g/mol. The van der Waals surface area contributed by atoms with Gasteiger partial charge in [0.05, 0.1) is 4.92 Å². The smallest absolute Gasteiger partial charge is 0.282 e. The van der Waals surface area contributed by atoms with Gasteiger partial charge in [-0.3, -0.25) is 14.9 Å². The van der Waals surface area contributed by atoms with E-state index in [1.807, 2.05) is 6.92 Å². The first-order valence-electron chi connectivity index (χ1n) is 5.23. The van der Waals surface area contributed by atoms with Gasteiger partial charge in [-0.25, -0.2) is 0 Å². The van der Waals surface area contributed by atoms with E-state index in [2.05, 4.69) is 5.32 Å². The standard InChI is InChI=1S/C11H12Cl2N2O3/c1-7(5-12)6-14-11(16)9-4-8(13)2-3-10(9)15(17)18/h2-4,7H,5-6H2,1H3,(H,14,16). The number of halogens is 2. The molecule has 0 radical (unpaired) electrons. The number of carbonyl (C=O) groups is 1. The number of nitrogens with one attached hydrogen (secondary N) is 1. The molecule has 0 aliphatic rings. The minimum atomic E-state index is -0.615. The van der Waals surface area contributed by atoms with E-state index in [0.29, 0.717) is 12.4 Å². The molecule has 0 fully saturated rings. The lowest BCUT2D eigenvalue weighted by atomic mass is 10.1. The van der Waals surface area contributed by atoms with Crippen molar-refractivity contribution in [1.29, 1.82) is 0 Å². The number of hydrogen-bond acceptors (Lipinski definition) is 3. The second kappa shape index (κ2) is 6.56. The second-order valence-corrected chi connectivity index (χ2v) is 4.63. The zero-order valence-corrected chi connectivity index (χ0v) is 11.2. The molecule has 0 bridgehead atoms. The first kappa shape index (κ1) is 14.7. The number of benzene rings is 1. The average Bonchev–Trinajstić information content (AvgIpc) is 2.34. The van der Waals surface area contributed by atoms with Gasteiger partial charge >= 0.3 is 0 Å². The molecule has 1 unspecified atom stereocenters. The Kier molecular flexibility index (Phi) is 5.37. The molecule has 0 saturated carbocycles. The summed E-state index contributed by atoms with van der Waals surface area (Å²) in [6.07, 6.45) is 0. The molecule has 1 amide bonds. The molecule has 5 nitrogen and oxygen atoms in total. The summed E-state index contributed by atoms with van der Waals surface area (Å²) in [5.74, 6) is -0.0344. The van der Waals surface area contributed by atoms with Crippen LogP contribution in [0.4, 0.5) is 5.69 Å². The van der Waals surface area contributed by atoms with Gasteiger partial charge in [-0.1, -0.05) is 18.5 Å². The summed E-state index contributed by atoms with van der Waals surface area (Å²) in [5, 5.41) is 13.7. The van der Waals surface area contributed by atoms with Gasteiger partial charge in [0, 0.05) is 23.5 Å². The van der Waals surface area contributed by atoms with Crippen LogP contribution in [0.3, 0.4) is 0 Å². The maximum atomic E-state index is 11.8. The fourth-order valence-electron chi connectivity index (χ4n) is 1.27. The quantitative estimate of drug-likeness (QED) is 0.515. The summed E-state index contributed by atoms with van der Waals surface area (Å²) < 4.78 is 0. The van der Waals surface area contributed by atoms with Crippen molar-refractivity contribution in [3.05, 3.63) is 38.9 Å². The molecule has 0 aliphatic carbocycles. The van der Waals surface area contributed by atoms with Crippen LogP contribution in [-0.2, 0) is 0 Å². The van der Waals surface area contributed by atoms with Crippen LogP contribution in [0.5, 0.6) is 0 Å². The molecule has 0 spiro atoms. The number of carbonyl (C=O) groups excluding carboxylic acids is 1. The normalized spacial score (nSPS) is 11.9. The molecule has 0 saturated heterocycles. The summed E-state index contributed by atoms with van der Waals surface area (Å²) in [6, 6.07) is 3.86. The molecule has 98 valence electrons. The maximum absolute atomic E-state index is 11.8. The summed E-state index contributed by atoms with van der Waals surface area (Å²) in [6.45, 7) is 2.21. The van der Waals surface area contributed by atoms with E-state index in [4.69, 9.17) is 23.2 Å². The first-order valence-corrected chi connectivity index (χ1v) is 6.15. The highest BCUT2D eigenvalue weighted by Gasteiger charge is 2.20. The van der Waals surface area contributed by atoms with Crippen LogP contribution in [0, 0.1) is 16.0 Å². The van der Waals surface area contributed by atoms with Gasteiger partial charge < -0.3 is 5.32 Å². The number of nitro benzene ring substituents is 1. The summed E-state index contributed by atoms with van der Waals surface area (Å²) in [5.41, 5.74) is -0.315. The SMILES string of the molecule is CC(CCl)CNC(=O)c1cc(Cl)ccc1[N+](=O)[O-]. The Labute approximate surface area is 114 Å². The predicted octanol–water partition coefficient (Wildman–Crippen LogP) is 2.85. The van der Waals surface area contributed by atoms with Gasteiger partial charge in [-0.05, 0) is 18.1 Å². The Hall–Kier alpha value is -1.33. The lowest BCUT2D eigenvalue weighted by molar-refractivity contribution is -0.385. The highest BCUT2D eigenvalue weighted by atomic mass is 35.5. The molecular weight excluding hydrogens is 279 g/mol. The van der Waals surface area contributed by atoms with Gasteiger partial charge in [-0.15, -0.1) is 11.6 Å². The van der Waals surface area contributed by atoms with Crippen LogP contribution >= 0.6 is 23.2 Å². The molecule has 18 heavy (non-hydrogen) atoms. The zero-order valence-electron chi connectivity index (χ0n) is 9.65. The predicted molar refractivity (Wildman–Crippen MR) is 70.3 cm³/mol. The van der Waals surface area contributed by atoms with Gasteiger partial charge in [0.2, 0.25) is 0 Å². The van der Waals surface area contributed by atoms with Crippen LogP contribution in [0.2, 0.25) is 5.02 Å². The molecule has 1 aromatic carbocycles. The number of amides is 1. The van der Waals surface area contributed by atoms with E-state index < -0.39 is 10.8 Å². The Morgan fingerprint density at radius 1 is 1.56 bits per heavy atom. The van der Waals surface area contributed by atoms with Gasteiger partial charge in [-0.2, -0.15) is 0 Å². The fourth-order valence-corrected chi connectivity index (χ4v) is 1.55. The van der Waals surface area contributed by atoms with Crippen LogP contribution < -0.4 is 5.32 Å². The van der Waals surface area contributed by atoms with Gasteiger partial charge in [0.15, 0.2) is 0 Å². The molecule has 1 aromatic rings. The van der Waals surface area contributed by atoms with E-state index in [1.54, 1.807) is 0 Å². The number of nitro groups is 1. The van der Waals surface area contributed by atoms with Crippen molar-refractivity contribution >= 4 is 34.8 Å². The van der Waals surface area contributed by atoms with Gasteiger partial charge in [0.25, 0.3) is 11.6 Å². The maximum Gasteiger partial charge on any atom is 0.282 e. The Morgan fingerprint density at radius 3 is 2.78 bits per heavy atom. The third-order valence-corrected chi connectivity index (χ3v) is 3.04. The van der Waals surface area contributed by atoms with E-state index >= 15 is 0 Å². The van der Waals surface area contributed by atoms with Crippen LogP contribution in [0.25, 0.3) is 0 Å². The van der Waals surface area contributed by atoms with E-state index in [1.165, 1.54) is 18.2 Å². The highest BCUT2D eigenvalue weighted by Crippen LogP contribution is 2.22. The molecule has 1 N–H and O–H groups in total. The topological polar surface area (TPSA) is 72.2 Å². The minimum Gasteiger partial charge on any atom is -0.352 e. The van der Waals surface area contributed by atoms with E-state index in [-0.39, 0.29) is 22.2 Å². The van der Waals surface area contributed by atoms with Crippen molar-refractivity contribution in [2.75, 3.05) is 12.4 Å². The number of nitrogens with zero attached hydrogens (tertiary/aromatic N) is 1. The summed E-state index contributed by atoms with van der Waals surface area (Å²) in [7, 11) is 0. The van der Waals surface area contributed by atoms with Crippen molar-refractivity contribution in [3.8, 4) is 0 Å². The van der Waals surface area contributed by atoms with E-state index in [0.717, 1.165) is 0 Å². The second-order valence-electron chi connectivity index (χ2n) is 3.89. The largest absolute Gasteiger partial charge is 0.352 e. The highest BCUT2D eigenvalue weighted by molar-refractivity contribution is 6.31. The van der Waals surface area contributed by atoms with Crippen LogP contribution in [0.15, 0.2) is 18.2 Å². The molecule has 0 heterocycles. The van der Waals surface area contributed by atoms with Crippen molar-refractivity contribution < 1.29 is 9.72 Å². The molecule has 0 aliphatic heterocycles. The third-order valence-electron chi connectivity index (χ3n) is 2.27. The number of rotatable bonds is 5. The van der Waals surface area contributed by atoms with Crippen LogP contribution in [0.1, 0.15) is 17.3 Å². The Morgan fingerprint density at radius 2 is 2.22 bits per heavy atom. The molecule has 1 atom stereocenters. The van der Waals surface area contributed by atoms with Crippen molar-refractivity contribution in [3.63, 3.8) is 0 Å². The van der Waals surface area contributed by atoms with Crippen molar-refractivity contribution in [2.24, 2.45) is 5.92 Å². The molecular formula is C11H12Cl2N2O3. The molecule has 0 aromatic heterocycles. The summed E-state index contributed by atoms with van der Waals surface area (Å²) >= 11 is 11.3. The Balaban J connectivity index is 2.90. The molecule has 7 heteroatoms. The Bertz CT molecular complexity index is 466. The number of hydrogen-bond donors (Lipinski definition) is 1.